The molecule has 0 saturated carbocycles. The number of methoxy groups -OCH3 is 1. The molecular formula is C21H26N2O5S. The Bertz CT molecular complexity index is 808. The van der Waals surface area contributed by atoms with E-state index >= 15 is 0 Å². The van der Waals surface area contributed by atoms with Crippen molar-refractivity contribution in [1.82, 2.24) is 9.80 Å². The van der Waals surface area contributed by atoms with Gasteiger partial charge >= 0.3 is 0 Å². The number of hydrogen-bond acceptors (Lipinski definition) is 6. The molecule has 2 saturated heterocycles. The molecule has 0 spiro atoms. The van der Waals surface area contributed by atoms with Crippen LogP contribution in [-0.4, -0.2) is 64.8 Å². The molecule has 3 rings (SSSR count). The van der Waals surface area contributed by atoms with E-state index in [-0.39, 0.29) is 42.7 Å². The van der Waals surface area contributed by atoms with Gasteiger partial charge in [0.1, 0.15) is 5.75 Å². The number of likely N-dealkylation sites (tertiary alicyclic amines) is 1. The van der Waals surface area contributed by atoms with Gasteiger partial charge in [-0.15, -0.1) is 0 Å². The third-order valence-corrected chi connectivity index (χ3v) is 6.13. The number of carbonyl (C=O) groups is 3. The number of hydrogen-bond donors (Lipinski definition) is 1. The molecule has 0 aromatic heterocycles. The van der Waals surface area contributed by atoms with Crippen LogP contribution in [-0.2, 0) is 9.59 Å². The van der Waals surface area contributed by atoms with Crippen LogP contribution in [0.15, 0.2) is 29.2 Å². The molecule has 0 bridgehead atoms. The Hall–Kier alpha value is -2.32. The Morgan fingerprint density at radius 2 is 2.17 bits per heavy atom. The smallest absolute Gasteiger partial charge is 0.293 e. The van der Waals surface area contributed by atoms with Gasteiger partial charge in [-0.05, 0) is 61.2 Å². The van der Waals surface area contributed by atoms with Gasteiger partial charge in [0.25, 0.3) is 11.1 Å². The van der Waals surface area contributed by atoms with E-state index in [0.717, 1.165) is 41.5 Å². The van der Waals surface area contributed by atoms with Crippen LogP contribution in [0.2, 0.25) is 0 Å². The monoisotopic (exact) mass is 418 g/mol. The zero-order valence-corrected chi connectivity index (χ0v) is 17.3. The molecule has 0 radical (unpaired) electrons. The number of benzene rings is 1. The highest BCUT2D eigenvalue weighted by Gasteiger charge is 2.36. The molecule has 1 N–H and O–H groups in total. The number of aliphatic hydroxyl groups is 1. The lowest BCUT2D eigenvalue weighted by Crippen LogP contribution is -2.45. The molecule has 3 amide bonds. The quantitative estimate of drug-likeness (QED) is 0.685. The number of imide groups is 1. The standard InChI is InChI=1S/C21H26N2O5S/c1-28-17-7-4-5-15(13-17)14-18-20(26)23(21(27)29-18)11-8-19(25)22-10-3-2-6-16(22)9-12-24/h4-5,7,13-14,16,24H,2-3,6,8-12H2,1H3/b18-14-/t16-/m1/s1. The minimum Gasteiger partial charge on any atom is -0.497 e. The summed E-state index contributed by atoms with van der Waals surface area (Å²) in [6, 6.07) is 7.28. The molecule has 1 aromatic carbocycles. The average molecular weight is 419 g/mol. The van der Waals surface area contributed by atoms with Crippen molar-refractivity contribution in [3.05, 3.63) is 34.7 Å². The maximum atomic E-state index is 12.7. The fourth-order valence-corrected chi connectivity index (χ4v) is 4.57. The summed E-state index contributed by atoms with van der Waals surface area (Å²) in [6.07, 6.45) is 5.21. The average Bonchev–Trinajstić information content (AvgIpc) is 2.99. The largest absolute Gasteiger partial charge is 0.497 e. The van der Waals surface area contributed by atoms with Gasteiger partial charge in [0, 0.05) is 32.2 Å². The highest BCUT2D eigenvalue weighted by molar-refractivity contribution is 8.18. The predicted octanol–water partition coefficient (Wildman–Crippen LogP) is 2.89. The second-order valence-electron chi connectivity index (χ2n) is 7.11. The number of rotatable bonds is 7. The van der Waals surface area contributed by atoms with Gasteiger partial charge in [0.15, 0.2) is 0 Å². The summed E-state index contributed by atoms with van der Waals surface area (Å²) in [5.74, 6) is 0.225. The second-order valence-corrected chi connectivity index (χ2v) is 8.10. The molecule has 7 nitrogen and oxygen atoms in total. The number of aliphatic hydroxyl groups excluding tert-OH is 1. The minimum atomic E-state index is -0.374. The van der Waals surface area contributed by atoms with Crippen molar-refractivity contribution in [1.29, 1.82) is 0 Å². The van der Waals surface area contributed by atoms with Crippen molar-refractivity contribution in [2.75, 3.05) is 26.8 Å². The van der Waals surface area contributed by atoms with Crippen molar-refractivity contribution in [2.45, 2.75) is 38.1 Å². The molecule has 2 heterocycles. The van der Waals surface area contributed by atoms with Gasteiger partial charge in [0.05, 0.1) is 12.0 Å². The summed E-state index contributed by atoms with van der Waals surface area (Å²) < 4.78 is 5.18. The van der Waals surface area contributed by atoms with Crippen molar-refractivity contribution >= 4 is 34.9 Å². The van der Waals surface area contributed by atoms with Crippen LogP contribution in [0, 0.1) is 0 Å². The van der Waals surface area contributed by atoms with Crippen LogP contribution < -0.4 is 4.74 Å². The van der Waals surface area contributed by atoms with Crippen LogP contribution in [0.3, 0.4) is 0 Å². The Morgan fingerprint density at radius 1 is 1.34 bits per heavy atom. The molecule has 8 heteroatoms. The molecular weight excluding hydrogens is 392 g/mol. The zero-order valence-electron chi connectivity index (χ0n) is 16.5. The first-order valence-corrected chi connectivity index (χ1v) is 10.6. The minimum absolute atomic E-state index is 0.0455. The third-order valence-electron chi connectivity index (χ3n) is 5.22. The first-order chi connectivity index (χ1) is 14.0. The predicted molar refractivity (Wildman–Crippen MR) is 111 cm³/mol. The number of amides is 3. The van der Waals surface area contributed by atoms with E-state index in [0.29, 0.717) is 23.6 Å². The number of piperidine rings is 1. The lowest BCUT2D eigenvalue weighted by atomic mass is 9.99. The summed E-state index contributed by atoms with van der Waals surface area (Å²) >= 11 is 0.886. The second kappa shape index (κ2) is 9.93. The Balaban J connectivity index is 1.62. The molecule has 1 aromatic rings. The fraction of sp³-hybridized carbons (Fsp3) is 0.476. The summed E-state index contributed by atoms with van der Waals surface area (Å²) in [4.78, 5) is 40.9. The van der Waals surface area contributed by atoms with Gasteiger partial charge in [-0.3, -0.25) is 19.3 Å². The van der Waals surface area contributed by atoms with Gasteiger partial charge in [-0.1, -0.05) is 12.1 Å². The van der Waals surface area contributed by atoms with Gasteiger partial charge in [-0.25, -0.2) is 0 Å². The zero-order chi connectivity index (χ0) is 20.8. The maximum Gasteiger partial charge on any atom is 0.293 e. The van der Waals surface area contributed by atoms with E-state index in [1.54, 1.807) is 30.2 Å². The van der Waals surface area contributed by atoms with Crippen LogP contribution >= 0.6 is 11.8 Å². The molecule has 0 aliphatic carbocycles. The van der Waals surface area contributed by atoms with E-state index in [2.05, 4.69) is 0 Å². The topological polar surface area (TPSA) is 87.2 Å². The number of carbonyl (C=O) groups excluding carboxylic acids is 3. The van der Waals surface area contributed by atoms with Gasteiger partial charge in [-0.2, -0.15) is 0 Å². The van der Waals surface area contributed by atoms with Gasteiger partial charge in [0.2, 0.25) is 5.91 Å². The molecule has 1 atom stereocenters. The summed E-state index contributed by atoms with van der Waals surface area (Å²) in [6.45, 7) is 0.787. The number of nitrogens with zero attached hydrogens (tertiary/aromatic N) is 2. The van der Waals surface area contributed by atoms with E-state index in [1.165, 1.54) is 0 Å². The van der Waals surface area contributed by atoms with Crippen molar-refractivity contribution < 1.29 is 24.2 Å². The van der Waals surface area contributed by atoms with Crippen molar-refractivity contribution in [3.63, 3.8) is 0 Å². The summed E-state index contributed by atoms with van der Waals surface area (Å²) in [5, 5.41) is 8.86. The summed E-state index contributed by atoms with van der Waals surface area (Å²) in [5.41, 5.74) is 0.770. The lowest BCUT2D eigenvalue weighted by Gasteiger charge is -2.36. The van der Waals surface area contributed by atoms with Gasteiger partial charge < -0.3 is 14.7 Å². The molecule has 2 aliphatic rings. The Morgan fingerprint density at radius 3 is 2.93 bits per heavy atom. The van der Waals surface area contributed by atoms with Crippen LogP contribution in [0.25, 0.3) is 6.08 Å². The maximum absolute atomic E-state index is 12.7. The number of thioether (sulfide) groups is 1. The van der Waals surface area contributed by atoms with E-state index < -0.39 is 0 Å². The van der Waals surface area contributed by atoms with Crippen LogP contribution in [0.5, 0.6) is 5.75 Å². The third kappa shape index (κ3) is 5.19. The normalized spacial score (nSPS) is 21.2. The molecule has 29 heavy (non-hydrogen) atoms. The molecule has 2 fully saturated rings. The molecule has 156 valence electrons. The van der Waals surface area contributed by atoms with Crippen molar-refractivity contribution in [3.8, 4) is 5.75 Å². The van der Waals surface area contributed by atoms with Crippen molar-refractivity contribution in [2.24, 2.45) is 0 Å². The molecule has 2 aliphatic heterocycles. The number of ether oxygens (including phenoxy) is 1. The van der Waals surface area contributed by atoms with E-state index in [9.17, 15) is 19.5 Å². The fourth-order valence-electron chi connectivity index (χ4n) is 3.70. The highest BCUT2D eigenvalue weighted by Crippen LogP contribution is 2.33. The SMILES string of the molecule is COc1cccc(/C=C2\SC(=O)N(CCC(=O)N3CCCC[C@@H]3CCO)C2=O)c1. The van der Waals surface area contributed by atoms with Crippen LogP contribution in [0.1, 0.15) is 37.7 Å². The highest BCUT2D eigenvalue weighted by atomic mass is 32.2. The first kappa shape index (κ1) is 21.4. The van der Waals surface area contributed by atoms with Crippen LogP contribution in [0.4, 0.5) is 4.79 Å². The summed E-state index contributed by atoms with van der Waals surface area (Å²) in [7, 11) is 1.57. The lowest BCUT2D eigenvalue weighted by molar-refractivity contribution is -0.135. The van der Waals surface area contributed by atoms with E-state index in [1.807, 2.05) is 12.1 Å². The molecule has 0 unspecified atom stereocenters. The van der Waals surface area contributed by atoms with E-state index in [4.69, 9.17) is 4.74 Å². The Kier molecular flexibility index (Phi) is 7.33. The Labute approximate surface area is 174 Å². The first-order valence-electron chi connectivity index (χ1n) is 9.83.